The minimum Gasteiger partial charge on any atom is -0.350 e. The summed E-state index contributed by atoms with van der Waals surface area (Å²) in [6.07, 6.45) is 1.49. The Morgan fingerprint density at radius 3 is 2.39 bits per heavy atom. The van der Waals surface area contributed by atoms with Gasteiger partial charge in [-0.25, -0.2) is 0 Å². The van der Waals surface area contributed by atoms with Gasteiger partial charge >= 0.3 is 0 Å². The number of aryl methyl sites for hydroxylation is 1. The Bertz CT molecular complexity index is 727. The molecule has 0 radical (unpaired) electrons. The van der Waals surface area contributed by atoms with Gasteiger partial charge in [0.25, 0.3) is 11.8 Å². The SMILES string of the molecule is Cc1ccc(C(=O)Nc2cc(C(=O)NC(C)C)ccc2Cl)cn1. The van der Waals surface area contributed by atoms with E-state index in [0.29, 0.717) is 21.8 Å². The number of aromatic nitrogens is 1. The highest BCUT2D eigenvalue weighted by Gasteiger charge is 2.13. The number of halogens is 1. The molecule has 1 aromatic heterocycles. The third-order valence-corrected chi connectivity index (χ3v) is 3.40. The van der Waals surface area contributed by atoms with Crippen LogP contribution in [0.2, 0.25) is 5.02 Å². The lowest BCUT2D eigenvalue weighted by molar-refractivity contribution is 0.0942. The fourth-order valence-corrected chi connectivity index (χ4v) is 2.07. The maximum absolute atomic E-state index is 12.2. The van der Waals surface area contributed by atoms with Gasteiger partial charge < -0.3 is 10.6 Å². The molecule has 120 valence electrons. The van der Waals surface area contributed by atoms with E-state index in [9.17, 15) is 9.59 Å². The summed E-state index contributed by atoms with van der Waals surface area (Å²) in [5, 5.41) is 5.86. The molecule has 0 aliphatic carbocycles. The lowest BCUT2D eigenvalue weighted by Crippen LogP contribution is -2.30. The first-order valence-corrected chi connectivity index (χ1v) is 7.59. The molecule has 0 aliphatic rings. The van der Waals surface area contributed by atoms with Crippen LogP contribution in [0.4, 0.5) is 5.69 Å². The van der Waals surface area contributed by atoms with Crippen LogP contribution in [0.3, 0.4) is 0 Å². The minimum absolute atomic E-state index is 0.0230. The number of hydrogen-bond acceptors (Lipinski definition) is 3. The number of rotatable bonds is 4. The van der Waals surface area contributed by atoms with Crippen molar-refractivity contribution in [2.24, 2.45) is 0 Å². The van der Waals surface area contributed by atoms with Gasteiger partial charge in [-0.05, 0) is 51.1 Å². The summed E-state index contributed by atoms with van der Waals surface area (Å²) < 4.78 is 0. The second-order valence-corrected chi connectivity index (χ2v) is 5.87. The highest BCUT2D eigenvalue weighted by atomic mass is 35.5. The summed E-state index contributed by atoms with van der Waals surface area (Å²) in [6.45, 7) is 5.59. The number of hydrogen-bond donors (Lipinski definition) is 2. The predicted molar refractivity (Wildman–Crippen MR) is 91.0 cm³/mol. The Balaban J connectivity index is 2.20. The molecule has 2 N–H and O–H groups in total. The molecule has 1 heterocycles. The maximum Gasteiger partial charge on any atom is 0.257 e. The topological polar surface area (TPSA) is 71.1 Å². The van der Waals surface area contributed by atoms with Crippen LogP contribution in [-0.2, 0) is 0 Å². The van der Waals surface area contributed by atoms with Gasteiger partial charge in [-0.15, -0.1) is 0 Å². The van der Waals surface area contributed by atoms with Gasteiger partial charge in [0.05, 0.1) is 16.3 Å². The van der Waals surface area contributed by atoms with Crippen LogP contribution in [0.5, 0.6) is 0 Å². The van der Waals surface area contributed by atoms with Gasteiger partial charge in [0.2, 0.25) is 0 Å². The molecule has 0 saturated heterocycles. The standard InChI is InChI=1S/C17H18ClN3O2/c1-10(2)20-16(22)12-6-7-14(18)15(8-12)21-17(23)13-5-4-11(3)19-9-13/h4-10H,1-3H3,(H,20,22)(H,21,23). The second kappa shape index (κ2) is 7.24. The zero-order valence-corrected chi connectivity index (χ0v) is 13.9. The quantitative estimate of drug-likeness (QED) is 0.901. The van der Waals surface area contributed by atoms with E-state index in [1.807, 2.05) is 20.8 Å². The maximum atomic E-state index is 12.2. The predicted octanol–water partition coefficient (Wildman–Crippen LogP) is 3.43. The molecule has 1 aromatic carbocycles. The first-order chi connectivity index (χ1) is 10.9. The van der Waals surface area contributed by atoms with Crippen molar-refractivity contribution < 1.29 is 9.59 Å². The normalized spacial score (nSPS) is 10.5. The third-order valence-electron chi connectivity index (χ3n) is 3.07. The lowest BCUT2D eigenvalue weighted by Gasteiger charge is -2.11. The van der Waals surface area contributed by atoms with Crippen molar-refractivity contribution in [3.05, 3.63) is 58.4 Å². The van der Waals surface area contributed by atoms with Crippen molar-refractivity contribution in [2.75, 3.05) is 5.32 Å². The van der Waals surface area contributed by atoms with Crippen molar-refractivity contribution >= 4 is 29.1 Å². The molecule has 0 bridgehead atoms. The largest absolute Gasteiger partial charge is 0.350 e. The van der Waals surface area contributed by atoms with E-state index in [1.165, 1.54) is 6.20 Å². The fourth-order valence-electron chi connectivity index (χ4n) is 1.90. The molecule has 0 atom stereocenters. The summed E-state index contributed by atoms with van der Waals surface area (Å²) in [5.74, 6) is -0.551. The first kappa shape index (κ1) is 17.0. The smallest absolute Gasteiger partial charge is 0.257 e. The van der Waals surface area contributed by atoms with E-state index in [-0.39, 0.29) is 17.9 Å². The second-order valence-electron chi connectivity index (χ2n) is 5.47. The molecule has 0 unspecified atom stereocenters. The molecule has 2 rings (SSSR count). The molecule has 0 aliphatic heterocycles. The Morgan fingerprint density at radius 2 is 1.78 bits per heavy atom. The summed E-state index contributed by atoms with van der Waals surface area (Å²) in [7, 11) is 0. The number of nitrogens with zero attached hydrogens (tertiary/aromatic N) is 1. The third kappa shape index (κ3) is 4.53. The number of nitrogens with one attached hydrogen (secondary N) is 2. The summed E-state index contributed by atoms with van der Waals surface area (Å²) >= 11 is 6.10. The van der Waals surface area contributed by atoms with Crippen LogP contribution in [0, 0.1) is 6.92 Å². The average molecular weight is 332 g/mol. The van der Waals surface area contributed by atoms with Crippen LogP contribution in [-0.4, -0.2) is 22.8 Å². The van der Waals surface area contributed by atoms with Gasteiger partial charge in [0, 0.05) is 23.5 Å². The molecule has 5 nitrogen and oxygen atoms in total. The van der Waals surface area contributed by atoms with E-state index >= 15 is 0 Å². The van der Waals surface area contributed by atoms with E-state index in [1.54, 1.807) is 30.3 Å². The van der Waals surface area contributed by atoms with Gasteiger partial charge in [0.15, 0.2) is 0 Å². The number of anilines is 1. The average Bonchev–Trinajstić information content (AvgIpc) is 2.49. The molecule has 0 spiro atoms. The van der Waals surface area contributed by atoms with Gasteiger partial charge in [-0.3, -0.25) is 14.6 Å². The van der Waals surface area contributed by atoms with Crippen LogP contribution < -0.4 is 10.6 Å². The number of carbonyl (C=O) groups is 2. The Morgan fingerprint density at radius 1 is 1.09 bits per heavy atom. The van der Waals surface area contributed by atoms with E-state index in [2.05, 4.69) is 15.6 Å². The summed E-state index contributed by atoms with van der Waals surface area (Å²) in [5.41, 5.74) is 2.06. The Labute approximate surface area is 140 Å². The zero-order valence-electron chi connectivity index (χ0n) is 13.2. The molecule has 0 fully saturated rings. The molecule has 23 heavy (non-hydrogen) atoms. The van der Waals surface area contributed by atoms with Crippen LogP contribution in [0.1, 0.15) is 40.3 Å². The minimum atomic E-state index is -0.333. The van der Waals surface area contributed by atoms with Gasteiger partial charge in [-0.1, -0.05) is 11.6 Å². The first-order valence-electron chi connectivity index (χ1n) is 7.21. The van der Waals surface area contributed by atoms with Crippen LogP contribution in [0.25, 0.3) is 0 Å². The van der Waals surface area contributed by atoms with Crippen molar-refractivity contribution in [3.8, 4) is 0 Å². The lowest BCUT2D eigenvalue weighted by atomic mass is 10.1. The Kier molecular flexibility index (Phi) is 5.34. The number of pyridine rings is 1. The zero-order chi connectivity index (χ0) is 17.0. The van der Waals surface area contributed by atoms with Crippen LogP contribution >= 0.6 is 11.6 Å². The molecule has 0 saturated carbocycles. The summed E-state index contributed by atoms with van der Waals surface area (Å²) in [4.78, 5) is 28.3. The van der Waals surface area contributed by atoms with Crippen molar-refractivity contribution in [1.29, 1.82) is 0 Å². The monoisotopic (exact) mass is 331 g/mol. The molecular formula is C17H18ClN3O2. The van der Waals surface area contributed by atoms with E-state index in [0.717, 1.165) is 5.69 Å². The fraction of sp³-hybridized carbons (Fsp3) is 0.235. The van der Waals surface area contributed by atoms with E-state index in [4.69, 9.17) is 11.6 Å². The van der Waals surface area contributed by atoms with Crippen molar-refractivity contribution in [3.63, 3.8) is 0 Å². The molecule has 6 heteroatoms. The highest BCUT2D eigenvalue weighted by molar-refractivity contribution is 6.34. The van der Waals surface area contributed by atoms with Crippen molar-refractivity contribution in [2.45, 2.75) is 26.8 Å². The molecule has 2 amide bonds. The Hall–Kier alpha value is -2.40. The van der Waals surface area contributed by atoms with Gasteiger partial charge in [-0.2, -0.15) is 0 Å². The highest BCUT2D eigenvalue weighted by Crippen LogP contribution is 2.23. The number of amides is 2. The number of carbonyl (C=O) groups excluding carboxylic acids is 2. The summed E-state index contributed by atoms with van der Waals surface area (Å²) in [6, 6.07) is 8.21. The molecular weight excluding hydrogens is 314 g/mol. The number of benzene rings is 1. The van der Waals surface area contributed by atoms with Crippen LogP contribution in [0.15, 0.2) is 36.5 Å². The van der Waals surface area contributed by atoms with E-state index < -0.39 is 0 Å². The molecule has 2 aromatic rings. The van der Waals surface area contributed by atoms with Gasteiger partial charge in [0.1, 0.15) is 0 Å². The van der Waals surface area contributed by atoms with Crippen molar-refractivity contribution in [1.82, 2.24) is 10.3 Å².